The van der Waals surface area contributed by atoms with E-state index in [1.165, 1.54) is 0 Å². The lowest BCUT2D eigenvalue weighted by Crippen LogP contribution is -2.57. The van der Waals surface area contributed by atoms with Gasteiger partial charge in [-0.1, -0.05) is 5.16 Å². The lowest BCUT2D eigenvalue weighted by atomic mass is 10.1. The van der Waals surface area contributed by atoms with Crippen molar-refractivity contribution in [3.8, 4) is 0 Å². The molecule has 9 heteroatoms. The highest BCUT2D eigenvalue weighted by Crippen LogP contribution is 2.15. The minimum Gasteiger partial charge on any atom is -0.361 e. The zero-order chi connectivity index (χ0) is 20.8. The Labute approximate surface area is 197 Å². The number of aryl methyl sites for hydroxylation is 2. The number of carbonyl (C=O) groups excluding carboxylic acids is 1. The molecule has 0 radical (unpaired) electrons. The highest BCUT2D eigenvalue weighted by atomic mass is 127. The van der Waals surface area contributed by atoms with Crippen molar-refractivity contribution in [1.82, 2.24) is 25.2 Å². The molecule has 1 amide bonds. The normalized spacial score (nSPS) is 19.0. The van der Waals surface area contributed by atoms with Crippen molar-refractivity contribution in [3.05, 3.63) is 17.0 Å². The van der Waals surface area contributed by atoms with Crippen LogP contribution in [0.25, 0.3) is 0 Å². The quantitative estimate of drug-likeness (QED) is 0.344. The van der Waals surface area contributed by atoms with Crippen LogP contribution in [0.2, 0.25) is 0 Å². The van der Waals surface area contributed by atoms with Crippen molar-refractivity contribution in [2.24, 2.45) is 4.99 Å². The molecule has 8 nitrogen and oxygen atoms in total. The smallest absolute Gasteiger partial charge is 0.239 e. The van der Waals surface area contributed by atoms with E-state index in [2.05, 4.69) is 34.1 Å². The molecule has 1 unspecified atom stereocenters. The summed E-state index contributed by atoms with van der Waals surface area (Å²) < 4.78 is 5.25. The summed E-state index contributed by atoms with van der Waals surface area (Å²) in [7, 11) is 0. The van der Waals surface area contributed by atoms with Crippen LogP contribution in [0.15, 0.2) is 9.52 Å². The van der Waals surface area contributed by atoms with Gasteiger partial charge >= 0.3 is 0 Å². The number of hydrogen-bond acceptors (Lipinski definition) is 5. The van der Waals surface area contributed by atoms with Gasteiger partial charge in [0, 0.05) is 57.9 Å². The van der Waals surface area contributed by atoms with E-state index >= 15 is 0 Å². The molecule has 30 heavy (non-hydrogen) atoms. The second kappa shape index (κ2) is 11.9. The summed E-state index contributed by atoms with van der Waals surface area (Å²) in [6.07, 6.45) is 3.11. The van der Waals surface area contributed by atoms with Crippen LogP contribution in [0.4, 0.5) is 0 Å². The minimum absolute atomic E-state index is 0. The molecule has 0 saturated carbocycles. The molecule has 0 aromatic carbocycles. The molecule has 1 N–H and O–H groups in total. The molecule has 2 aliphatic rings. The fourth-order valence-electron chi connectivity index (χ4n) is 4.24. The first kappa shape index (κ1) is 24.9. The predicted molar refractivity (Wildman–Crippen MR) is 129 cm³/mol. The van der Waals surface area contributed by atoms with E-state index in [0.717, 1.165) is 88.1 Å². The largest absolute Gasteiger partial charge is 0.361 e. The number of amides is 1. The van der Waals surface area contributed by atoms with E-state index < -0.39 is 0 Å². The Bertz CT molecular complexity index is 689. The van der Waals surface area contributed by atoms with Gasteiger partial charge in [-0.25, -0.2) is 0 Å². The van der Waals surface area contributed by atoms with Crippen molar-refractivity contribution in [1.29, 1.82) is 0 Å². The molecule has 1 aromatic heterocycles. The summed E-state index contributed by atoms with van der Waals surface area (Å²) in [5.41, 5.74) is 2.11. The van der Waals surface area contributed by atoms with Gasteiger partial charge in [0.25, 0.3) is 0 Å². The molecule has 1 atom stereocenters. The maximum Gasteiger partial charge on any atom is 0.239 e. The third-order valence-electron chi connectivity index (χ3n) is 6.08. The van der Waals surface area contributed by atoms with Crippen LogP contribution in [0.3, 0.4) is 0 Å². The first-order chi connectivity index (χ1) is 14.0. The number of nitrogens with one attached hydrogen (secondary N) is 1. The lowest BCUT2D eigenvalue weighted by molar-refractivity contribution is -0.135. The van der Waals surface area contributed by atoms with Crippen LogP contribution in [-0.4, -0.2) is 90.1 Å². The number of rotatable bonds is 6. The summed E-state index contributed by atoms with van der Waals surface area (Å²) in [5, 5.41) is 7.44. The van der Waals surface area contributed by atoms with E-state index in [9.17, 15) is 4.79 Å². The summed E-state index contributed by atoms with van der Waals surface area (Å²) in [4.78, 5) is 24.2. The fraction of sp³-hybridized carbons (Fsp3) is 0.762. The van der Waals surface area contributed by atoms with Crippen LogP contribution in [0.1, 0.15) is 43.7 Å². The molecule has 0 spiro atoms. The van der Waals surface area contributed by atoms with Crippen molar-refractivity contribution in [3.63, 3.8) is 0 Å². The van der Waals surface area contributed by atoms with Gasteiger partial charge in [0.1, 0.15) is 5.76 Å². The molecule has 0 aliphatic carbocycles. The van der Waals surface area contributed by atoms with Crippen molar-refractivity contribution >= 4 is 35.8 Å². The van der Waals surface area contributed by atoms with Crippen LogP contribution < -0.4 is 5.32 Å². The molecule has 2 saturated heterocycles. The fourth-order valence-corrected chi connectivity index (χ4v) is 4.24. The SMILES string of the molecule is CCNC(=NCCc1c(C)noc1C)N1CCN(C(C)C(=O)N2CCCC2)CC1.I. The van der Waals surface area contributed by atoms with Crippen LogP contribution in [0.5, 0.6) is 0 Å². The number of aliphatic imine (C=N–C) groups is 1. The van der Waals surface area contributed by atoms with E-state index in [1.807, 2.05) is 18.7 Å². The van der Waals surface area contributed by atoms with Gasteiger partial charge in [-0.05, 0) is 47.0 Å². The number of aromatic nitrogens is 1. The molecular weight excluding hydrogens is 495 g/mol. The summed E-state index contributed by atoms with van der Waals surface area (Å²) in [5.74, 6) is 2.13. The van der Waals surface area contributed by atoms with Gasteiger partial charge < -0.3 is 19.6 Å². The Balaban J connectivity index is 0.00000320. The number of nitrogens with zero attached hydrogens (tertiary/aromatic N) is 5. The van der Waals surface area contributed by atoms with Gasteiger partial charge in [0.15, 0.2) is 5.96 Å². The highest BCUT2D eigenvalue weighted by Gasteiger charge is 2.30. The van der Waals surface area contributed by atoms with E-state index in [4.69, 9.17) is 9.52 Å². The Morgan fingerprint density at radius 3 is 2.37 bits per heavy atom. The number of hydrogen-bond donors (Lipinski definition) is 1. The molecule has 170 valence electrons. The second-order valence-corrected chi connectivity index (χ2v) is 8.02. The van der Waals surface area contributed by atoms with E-state index in [-0.39, 0.29) is 35.9 Å². The summed E-state index contributed by atoms with van der Waals surface area (Å²) in [6, 6.07) is -0.0330. The van der Waals surface area contributed by atoms with Gasteiger partial charge in [-0.15, -0.1) is 24.0 Å². The van der Waals surface area contributed by atoms with Gasteiger partial charge in [0.2, 0.25) is 5.91 Å². The second-order valence-electron chi connectivity index (χ2n) is 8.02. The van der Waals surface area contributed by atoms with Crippen LogP contribution in [0, 0.1) is 13.8 Å². The molecule has 2 aliphatic heterocycles. The zero-order valence-electron chi connectivity index (χ0n) is 18.8. The first-order valence-electron chi connectivity index (χ1n) is 11.0. The first-order valence-corrected chi connectivity index (χ1v) is 11.0. The monoisotopic (exact) mass is 532 g/mol. The third kappa shape index (κ3) is 6.09. The zero-order valence-corrected chi connectivity index (χ0v) is 21.1. The number of halogens is 1. The third-order valence-corrected chi connectivity index (χ3v) is 6.08. The van der Waals surface area contributed by atoms with Gasteiger partial charge in [-0.3, -0.25) is 14.7 Å². The number of guanidine groups is 1. The standard InChI is InChI=1S/C21H36N6O2.HI/c1-5-22-21(23-9-8-19-16(2)24-29-18(19)4)27-14-12-25(13-15-27)17(3)20(28)26-10-6-7-11-26;/h17H,5-15H2,1-4H3,(H,22,23);1H. The van der Waals surface area contributed by atoms with Crippen LogP contribution >= 0.6 is 24.0 Å². The molecule has 1 aromatic rings. The Hall–Kier alpha value is -1.36. The average Bonchev–Trinajstić information content (AvgIpc) is 3.38. The topological polar surface area (TPSA) is 77.2 Å². The summed E-state index contributed by atoms with van der Waals surface area (Å²) in [6.45, 7) is 15.0. The summed E-state index contributed by atoms with van der Waals surface area (Å²) >= 11 is 0. The Kier molecular flexibility index (Phi) is 9.86. The number of likely N-dealkylation sites (tertiary alicyclic amines) is 1. The number of piperazine rings is 1. The van der Waals surface area contributed by atoms with Gasteiger partial charge in [-0.2, -0.15) is 0 Å². The predicted octanol–water partition coefficient (Wildman–Crippen LogP) is 2.05. The lowest BCUT2D eigenvalue weighted by Gasteiger charge is -2.39. The highest BCUT2D eigenvalue weighted by molar-refractivity contribution is 14.0. The Morgan fingerprint density at radius 1 is 1.13 bits per heavy atom. The van der Waals surface area contributed by atoms with Gasteiger partial charge in [0.05, 0.1) is 11.7 Å². The minimum atomic E-state index is -0.0330. The Morgan fingerprint density at radius 2 is 1.80 bits per heavy atom. The van der Waals surface area contributed by atoms with Crippen molar-refractivity contribution in [2.75, 3.05) is 52.4 Å². The van der Waals surface area contributed by atoms with Crippen LogP contribution in [-0.2, 0) is 11.2 Å². The average molecular weight is 532 g/mol. The molecule has 3 rings (SSSR count). The molecule has 0 bridgehead atoms. The molecule has 2 fully saturated rings. The molecular formula is C21H37IN6O2. The molecule has 3 heterocycles. The van der Waals surface area contributed by atoms with Crippen molar-refractivity contribution < 1.29 is 9.32 Å². The van der Waals surface area contributed by atoms with E-state index in [1.54, 1.807) is 0 Å². The van der Waals surface area contributed by atoms with Crippen molar-refractivity contribution in [2.45, 2.75) is 53.0 Å². The number of carbonyl (C=O) groups is 1. The maximum absolute atomic E-state index is 12.7. The maximum atomic E-state index is 12.7. The van der Waals surface area contributed by atoms with E-state index in [0.29, 0.717) is 6.54 Å².